The number of rotatable bonds is 3. The van der Waals surface area contributed by atoms with Gasteiger partial charge in [0, 0.05) is 6.07 Å². The molecule has 0 saturated heterocycles. The van der Waals surface area contributed by atoms with Crippen LogP contribution >= 0.6 is 0 Å². The zero-order chi connectivity index (χ0) is 14.7. The lowest BCUT2D eigenvalue weighted by atomic mass is 10.1. The molecule has 0 atom stereocenters. The Kier molecular flexibility index (Phi) is 3.84. The molecular weight excluding hydrogens is 268 g/mol. The van der Waals surface area contributed by atoms with E-state index < -0.39 is 28.9 Å². The van der Waals surface area contributed by atoms with Crippen LogP contribution in [0.5, 0.6) is 11.5 Å². The number of carbonyl (C=O) groups is 1. The van der Waals surface area contributed by atoms with Gasteiger partial charge in [-0.15, -0.1) is 0 Å². The van der Waals surface area contributed by atoms with Crippen molar-refractivity contribution in [2.45, 2.75) is 0 Å². The molecule has 6 heteroatoms. The first-order valence-corrected chi connectivity index (χ1v) is 5.65. The van der Waals surface area contributed by atoms with E-state index in [0.717, 1.165) is 12.1 Å². The Balaban J connectivity index is 2.33. The number of amides is 1. The summed E-state index contributed by atoms with van der Waals surface area (Å²) in [5, 5.41) is 11.7. The van der Waals surface area contributed by atoms with E-state index in [1.807, 2.05) is 0 Å². The molecule has 0 aromatic heterocycles. The van der Waals surface area contributed by atoms with Gasteiger partial charge < -0.3 is 15.2 Å². The predicted molar refractivity (Wildman–Crippen MR) is 69.0 cm³/mol. The van der Waals surface area contributed by atoms with Gasteiger partial charge >= 0.3 is 0 Å². The van der Waals surface area contributed by atoms with Crippen LogP contribution in [0.3, 0.4) is 0 Å². The van der Waals surface area contributed by atoms with Gasteiger partial charge in [0.05, 0.1) is 12.8 Å². The molecule has 2 aromatic carbocycles. The number of ether oxygens (including phenoxy) is 1. The summed E-state index contributed by atoms with van der Waals surface area (Å²) in [7, 11) is 1.39. The minimum absolute atomic E-state index is 0.169. The van der Waals surface area contributed by atoms with E-state index in [1.165, 1.54) is 31.4 Å². The van der Waals surface area contributed by atoms with Gasteiger partial charge in [0.1, 0.15) is 28.7 Å². The summed E-state index contributed by atoms with van der Waals surface area (Å²) < 4.78 is 32.0. The Bertz CT molecular complexity index is 639. The van der Waals surface area contributed by atoms with E-state index in [4.69, 9.17) is 4.74 Å². The highest BCUT2D eigenvalue weighted by Gasteiger charge is 2.18. The van der Waals surface area contributed by atoms with Gasteiger partial charge in [0.2, 0.25) is 0 Å². The van der Waals surface area contributed by atoms with Crippen molar-refractivity contribution in [3.8, 4) is 11.5 Å². The third-order valence-electron chi connectivity index (χ3n) is 2.64. The van der Waals surface area contributed by atoms with Crippen LogP contribution in [0.25, 0.3) is 0 Å². The summed E-state index contributed by atoms with van der Waals surface area (Å²) in [6.45, 7) is 0. The molecule has 20 heavy (non-hydrogen) atoms. The quantitative estimate of drug-likeness (QED) is 0.908. The minimum atomic E-state index is -0.951. The maximum atomic E-state index is 13.6. The number of hydrogen-bond donors (Lipinski definition) is 2. The summed E-state index contributed by atoms with van der Waals surface area (Å²) in [6.07, 6.45) is 0. The Morgan fingerprint density at radius 2 is 1.95 bits per heavy atom. The molecule has 4 nitrogen and oxygen atoms in total. The molecule has 2 rings (SSSR count). The molecule has 0 saturated carbocycles. The van der Waals surface area contributed by atoms with Crippen molar-refractivity contribution >= 4 is 11.6 Å². The van der Waals surface area contributed by atoms with Crippen LogP contribution in [0.4, 0.5) is 14.5 Å². The monoisotopic (exact) mass is 279 g/mol. The van der Waals surface area contributed by atoms with Crippen LogP contribution in [0.1, 0.15) is 10.4 Å². The van der Waals surface area contributed by atoms with Gasteiger partial charge in [-0.1, -0.05) is 6.07 Å². The Morgan fingerprint density at radius 1 is 1.20 bits per heavy atom. The fraction of sp³-hybridized carbons (Fsp3) is 0.0714. The molecular formula is C14H11F2NO3. The Hall–Kier alpha value is -2.63. The van der Waals surface area contributed by atoms with Crippen molar-refractivity contribution < 1.29 is 23.4 Å². The Labute approximate surface area is 113 Å². The van der Waals surface area contributed by atoms with E-state index in [0.29, 0.717) is 5.75 Å². The number of nitrogens with one attached hydrogen (secondary N) is 1. The first kappa shape index (κ1) is 13.8. The number of aromatic hydroxyl groups is 1. The minimum Gasteiger partial charge on any atom is -0.507 e. The largest absolute Gasteiger partial charge is 0.507 e. The highest BCUT2D eigenvalue weighted by molar-refractivity contribution is 6.06. The average Bonchev–Trinajstić information content (AvgIpc) is 2.41. The maximum Gasteiger partial charge on any atom is 0.262 e. The van der Waals surface area contributed by atoms with Crippen molar-refractivity contribution in [3.63, 3.8) is 0 Å². The van der Waals surface area contributed by atoms with Crippen molar-refractivity contribution in [2.75, 3.05) is 12.4 Å². The second kappa shape index (κ2) is 5.56. The van der Waals surface area contributed by atoms with Crippen molar-refractivity contribution in [2.24, 2.45) is 0 Å². The fourth-order valence-electron chi connectivity index (χ4n) is 1.65. The van der Waals surface area contributed by atoms with E-state index in [9.17, 15) is 18.7 Å². The van der Waals surface area contributed by atoms with Crippen molar-refractivity contribution in [1.29, 1.82) is 0 Å². The smallest absolute Gasteiger partial charge is 0.262 e. The molecule has 0 aliphatic carbocycles. The fourth-order valence-corrected chi connectivity index (χ4v) is 1.65. The van der Waals surface area contributed by atoms with Crippen molar-refractivity contribution in [3.05, 3.63) is 53.6 Å². The summed E-state index contributed by atoms with van der Waals surface area (Å²) >= 11 is 0. The highest BCUT2D eigenvalue weighted by Crippen LogP contribution is 2.24. The molecule has 0 fully saturated rings. The SMILES string of the molecule is COc1ccc(F)c(NC(=O)c2c(O)cccc2F)c1. The van der Waals surface area contributed by atoms with Crippen LogP contribution in [0.2, 0.25) is 0 Å². The van der Waals surface area contributed by atoms with E-state index in [2.05, 4.69) is 5.32 Å². The van der Waals surface area contributed by atoms with Crippen molar-refractivity contribution in [1.82, 2.24) is 0 Å². The average molecular weight is 279 g/mol. The van der Waals surface area contributed by atoms with Gasteiger partial charge in [-0.3, -0.25) is 4.79 Å². The van der Waals surface area contributed by atoms with Gasteiger partial charge in [-0.2, -0.15) is 0 Å². The van der Waals surface area contributed by atoms with Gasteiger partial charge in [-0.05, 0) is 24.3 Å². The predicted octanol–water partition coefficient (Wildman–Crippen LogP) is 2.93. The number of benzene rings is 2. The molecule has 0 radical (unpaired) electrons. The number of halogens is 2. The molecule has 0 bridgehead atoms. The second-order valence-electron chi connectivity index (χ2n) is 3.93. The standard InChI is InChI=1S/C14H11F2NO3/c1-20-8-5-6-9(15)11(7-8)17-14(19)13-10(16)3-2-4-12(13)18/h2-7,18H,1H3,(H,17,19). The second-order valence-corrected chi connectivity index (χ2v) is 3.93. The lowest BCUT2D eigenvalue weighted by Crippen LogP contribution is -2.15. The van der Waals surface area contributed by atoms with Crippen LogP contribution in [-0.4, -0.2) is 18.1 Å². The number of anilines is 1. The molecule has 104 valence electrons. The molecule has 0 unspecified atom stereocenters. The number of phenolic OH excluding ortho intramolecular Hbond substituents is 1. The Morgan fingerprint density at radius 3 is 2.60 bits per heavy atom. The summed E-state index contributed by atoms with van der Waals surface area (Å²) in [5.41, 5.74) is -0.716. The molecule has 0 aliphatic rings. The summed E-state index contributed by atoms with van der Waals surface area (Å²) in [6, 6.07) is 7.19. The zero-order valence-corrected chi connectivity index (χ0v) is 10.5. The highest BCUT2D eigenvalue weighted by atomic mass is 19.1. The van der Waals surface area contributed by atoms with Gasteiger partial charge in [0.25, 0.3) is 5.91 Å². The first-order valence-electron chi connectivity index (χ1n) is 5.65. The molecule has 0 aliphatic heterocycles. The third kappa shape index (κ3) is 2.69. The lowest BCUT2D eigenvalue weighted by molar-refractivity contribution is 0.102. The zero-order valence-electron chi connectivity index (χ0n) is 10.5. The first-order chi connectivity index (χ1) is 9.52. The van der Waals surface area contributed by atoms with Gasteiger partial charge in [0.15, 0.2) is 0 Å². The van der Waals surface area contributed by atoms with Crippen LogP contribution in [0.15, 0.2) is 36.4 Å². The molecule has 2 N–H and O–H groups in total. The van der Waals surface area contributed by atoms with E-state index in [-0.39, 0.29) is 5.69 Å². The number of methoxy groups -OCH3 is 1. The number of hydrogen-bond acceptors (Lipinski definition) is 3. The number of phenols is 1. The van der Waals surface area contributed by atoms with E-state index >= 15 is 0 Å². The molecule has 0 heterocycles. The summed E-state index contributed by atoms with van der Waals surface area (Å²) in [5.74, 6) is -2.74. The lowest BCUT2D eigenvalue weighted by Gasteiger charge is -2.09. The van der Waals surface area contributed by atoms with E-state index in [1.54, 1.807) is 0 Å². The number of carbonyl (C=O) groups excluding carboxylic acids is 1. The van der Waals surface area contributed by atoms with Crippen LogP contribution in [-0.2, 0) is 0 Å². The molecule has 0 spiro atoms. The summed E-state index contributed by atoms with van der Waals surface area (Å²) in [4.78, 5) is 11.9. The molecule has 2 aromatic rings. The molecule has 1 amide bonds. The van der Waals surface area contributed by atoms with Crippen LogP contribution in [0, 0.1) is 11.6 Å². The normalized spacial score (nSPS) is 10.2. The van der Waals surface area contributed by atoms with Crippen LogP contribution < -0.4 is 10.1 Å². The maximum absolute atomic E-state index is 13.6. The third-order valence-corrected chi connectivity index (χ3v) is 2.64. The topological polar surface area (TPSA) is 58.6 Å². The van der Waals surface area contributed by atoms with Gasteiger partial charge in [-0.25, -0.2) is 8.78 Å².